The van der Waals surface area contributed by atoms with Gasteiger partial charge in [0.15, 0.2) is 5.82 Å². The second kappa shape index (κ2) is 11.0. The van der Waals surface area contributed by atoms with E-state index >= 15 is 0 Å². The number of fused-ring (bicyclic) bond motifs is 1. The molecule has 1 aliphatic heterocycles. The molecule has 0 aliphatic carbocycles. The van der Waals surface area contributed by atoms with Crippen LogP contribution in [0.4, 0.5) is 5.82 Å². The van der Waals surface area contributed by atoms with Gasteiger partial charge in [-0.1, -0.05) is 30.3 Å². The zero-order chi connectivity index (χ0) is 25.8. The summed E-state index contributed by atoms with van der Waals surface area (Å²) in [5, 5.41) is 18.1. The first-order valence-corrected chi connectivity index (χ1v) is 13.1. The fourth-order valence-electron chi connectivity index (χ4n) is 5.12. The Bertz CT molecular complexity index is 1370. The number of anilines is 1. The number of aromatic nitrogens is 4. The zero-order valence-corrected chi connectivity index (χ0v) is 21.8. The standard InChI is InChI=1S/C29H34N6O2/c1-4-37-25-14-12-22(13-15-25)16-17-30-29(36)23-9-8-18-34(19-23)28-27-26(20(2)31-32-28)21(3)35(33-27)24-10-6-5-7-11-24/h5-7,10-15,23H,4,8-9,16-19H2,1-3H3,(H,30,36)/t23-/m0/s1. The quantitative estimate of drug-likeness (QED) is 0.387. The number of para-hydroxylation sites is 1. The predicted molar refractivity (Wildman–Crippen MR) is 145 cm³/mol. The number of rotatable bonds is 8. The van der Waals surface area contributed by atoms with Crippen LogP contribution in [-0.4, -0.2) is 52.1 Å². The van der Waals surface area contributed by atoms with Gasteiger partial charge in [0.25, 0.3) is 0 Å². The van der Waals surface area contributed by atoms with E-state index in [-0.39, 0.29) is 11.8 Å². The summed E-state index contributed by atoms with van der Waals surface area (Å²) in [7, 11) is 0. The highest BCUT2D eigenvalue weighted by Gasteiger charge is 2.29. The molecule has 8 heteroatoms. The van der Waals surface area contributed by atoms with Crippen LogP contribution in [0.15, 0.2) is 54.6 Å². The van der Waals surface area contributed by atoms with Gasteiger partial charge in [-0.05, 0) is 69.9 Å². The summed E-state index contributed by atoms with van der Waals surface area (Å²) >= 11 is 0. The largest absolute Gasteiger partial charge is 0.494 e. The Labute approximate surface area is 217 Å². The van der Waals surface area contributed by atoms with Crippen molar-refractivity contribution in [2.45, 2.75) is 40.0 Å². The third-order valence-corrected chi connectivity index (χ3v) is 7.02. The number of ether oxygens (including phenoxy) is 1. The van der Waals surface area contributed by atoms with E-state index in [4.69, 9.17) is 9.84 Å². The summed E-state index contributed by atoms with van der Waals surface area (Å²) in [6.45, 7) is 8.72. The van der Waals surface area contributed by atoms with Crippen LogP contribution in [0.25, 0.3) is 16.6 Å². The highest BCUT2D eigenvalue weighted by Crippen LogP contribution is 2.31. The SMILES string of the molecule is CCOc1ccc(CCNC(=O)[C@H]2CCCN(c3nnc(C)c4c(C)n(-c5ccccc5)nc34)C2)cc1. The van der Waals surface area contributed by atoms with Crippen molar-refractivity contribution in [3.8, 4) is 11.4 Å². The minimum absolute atomic E-state index is 0.0930. The van der Waals surface area contributed by atoms with Gasteiger partial charge in [-0.2, -0.15) is 10.2 Å². The van der Waals surface area contributed by atoms with Gasteiger partial charge >= 0.3 is 0 Å². The number of piperidine rings is 1. The molecule has 0 unspecified atom stereocenters. The molecule has 1 saturated heterocycles. The maximum absolute atomic E-state index is 13.1. The second-order valence-corrected chi connectivity index (χ2v) is 9.57. The molecule has 1 N–H and O–H groups in total. The number of benzene rings is 2. The Kier molecular flexibility index (Phi) is 7.35. The van der Waals surface area contributed by atoms with Gasteiger partial charge in [-0.25, -0.2) is 4.68 Å². The maximum atomic E-state index is 13.1. The monoisotopic (exact) mass is 498 g/mol. The zero-order valence-electron chi connectivity index (χ0n) is 21.8. The van der Waals surface area contributed by atoms with Gasteiger partial charge in [0.05, 0.1) is 35.0 Å². The molecule has 0 spiro atoms. The van der Waals surface area contributed by atoms with Crippen LogP contribution < -0.4 is 15.0 Å². The maximum Gasteiger partial charge on any atom is 0.224 e. The summed E-state index contributed by atoms with van der Waals surface area (Å²) in [5.41, 5.74) is 4.92. The van der Waals surface area contributed by atoms with Crippen molar-refractivity contribution in [3.05, 3.63) is 71.5 Å². The molecule has 37 heavy (non-hydrogen) atoms. The molecule has 1 amide bonds. The summed E-state index contributed by atoms with van der Waals surface area (Å²) in [6.07, 6.45) is 2.58. The summed E-state index contributed by atoms with van der Waals surface area (Å²) < 4.78 is 7.46. The first-order valence-electron chi connectivity index (χ1n) is 13.1. The van der Waals surface area contributed by atoms with E-state index in [9.17, 15) is 4.79 Å². The molecule has 8 nitrogen and oxygen atoms in total. The lowest BCUT2D eigenvalue weighted by Crippen LogP contribution is -2.44. The molecule has 0 saturated carbocycles. The molecule has 1 aliphatic rings. The van der Waals surface area contributed by atoms with E-state index in [0.29, 0.717) is 19.7 Å². The van der Waals surface area contributed by atoms with E-state index in [0.717, 1.165) is 65.4 Å². The van der Waals surface area contributed by atoms with Crippen LogP contribution in [0.1, 0.15) is 36.7 Å². The Morgan fingerprint density at radius 1 is 1.08 bits per heavy atom. The van der Waals surface area contributed by atoms with Crippen LogP contribution in [0.3, 0.4) is 0 Å². The van der Waals surface area contributed by atoms with Gasteiger partial charge < -0.3 is 15.0 Å². The van der Waals surface area contributed by atoms with Crippen molar-refractivity contribution < 1.29 is 9.53 Å². The molecule has 5 rings (SSSR count). The first-order chi connectivity index (χ1) is 18.0. The van der Waals surface area contributed by atoms with Crippen LogP contribution >= 0.6 is 0 Å². The van der Waals surface area contributed by atoms with Crippen LogP contribution in [0.5, 0.6) is 5.75 Å². The van der Waals surface area contributed by atoms with E-state index < -0.39 is 0 Å². The van der Waals surface area contributed by atoms with Gasteiger partial charge in [0.1, 0.15) is 11.3 Å². The third-order valence-electron chi connectivity index (χ3n) is 7.02. The van der Waals surface area contributed by atoms with Gasteiger partial charge in [-0.3, -0.25) is 4.79 Å². The van der Waals surface area contributed by atoms with Crippen molar-refractivity contribution in [2.75, 3.05) is 31.1 Å². The number of nitrogens with one attached hydrogen (secondary N) is 1. The van der Waals surface area contributed by atoms with E-state index in [1.807, 2.05) is 61.0 Å². The Morgan fingerprint density at radius 3 is 2.62 bits per heavy atom. The third kappa shape index (κ3) is 5.28. The molecule has 3 heterocycles. The van der Waals surface area contributed by atoms with E-state index in [1.165, 1.54) is 5.56 Å². The van der Waals surface area contributed by atoms with Crippen molar-refractivity contribution in [3.63, 3.8) is 0 Å². The number of nitrogens with zero attached hydrogens (tertiary/aromatic N) is 5. The fourth-order valence-corrected chi connectivity index (χ4v) is 5.12. The van der Waals surface area contributed by atoms with Crippen LogP contribution in [0.2, 0.25) is 0 Å². The average Bonchev–Trinajstić information content (AvgIpc) is 3.28. The Hall–Kier alpha value is -3.94. The molecule has 1 fully saturated rings. The van der Waals surface area contributed by atoms with E-state index in [1.54, 1.807) is 0 Å². The predicted octanol–water partition coefficient (Wildman–Crippen LogP) is 4.41. The number of hydrogen-bond acceptors (Lipinski definition) is 6. The normalized spacial score (nSPS) is 15.6. The number of hydrogen-bond donors (Lipinski definition) is 1. The molecule has 0 bridgehead atoms. The van der Waals surface area contributed by atoms with Crippen molar-refractivity contribution >= 4 is 22.6 Å². The summed E-state index contributed by atoms with van der Waals surface area (Å²) in [5.74, 6) is 1.63. The first kappa shape index (κ1) is 24.7. The fraction of sp³-hybridized carbons (Fsp3) is 0.379. The van der Waals surface area contributed by atoms with Gasteiger partial charge in [0, 0.05) is 19.6 Å². The van der Waals surface area contributed by atoms with Gasteiger partial charge in [-0.15, -0.1) is 5.10 Å². The Morgan fingerprint density at radius 2 is 1.86 bits per heavy atom. The van der Waals surface area contributed by atoms with Crippen molar-refractivity contribution in [1.82, 2.24) is 25.3 Å². The molecule has 2 aromatic heterocycles. The number of amides is 1. The lowest BCUT2D eigenvalue weighted by molar-refractivity contribution is -0.125. The molecule has 4 aromatic rings. The number of aryl methyl sites for hydroxylation is 2. The Balaban J connectivity index is 1.28. The highest BCUT2D eigenvalue weighted by molar-refractivity contribution is 5.92. The van der Waals surface area contributed by atoms with E-state index in [2.05, 4.69) is 39.5 Å². The average molecular weight is 499 g/mol. The smallest absolute Gasteiger partial charge is 0.224 e. The second-order valence-electron chi connectivity index (χ2n) is 9.57. The molecular formula is C29H34N6O2. The van der Waals surface area contributed by atoms with Gasteiger partial charge in [0.2, 0.25) is 5.91 Å². The lowest BCUT2D eigenvalue weighted by atomic mass is 9.97. The number of carbonyl (C=O) groups excluding carboxylic acids is 1. The lowest BCUT2D eigenvalue weighted by Gasteiger charge is -2.32. The summed E-state index contributed by atoms with van der Waals surface area (Å²) in [6, 6.07) is 18.2. The number of carbonyl (C=O) groups is 1. The summed E-state index contributed by atoms with van der Waals surface area (Å²) in [4.78, 5) is 15.2. The van der Waals surface area contributed by atoms with Crippen LogP contribution in [0, 0.1) is 19.8 Å². The highest BCUT2D eigenvalue weighted by atomic mass is 16.5. The molecule has 0 radical (unpaired) electrons. The van der Waals surface area contributed by atoms with Crippen molar-refractivity contribution in [2.24, 2.45) is 5.92 Å². The molecule has 192 valence electrons. The molecule has 1 atom stereocenters. The minimum Gasteiger partial charge on any atom is -0.494 e. The topological polar surface area (TPSA) is 85.2 Å². The molecule has 2 aromatic carbocycles. The van der Waals surface area contributed by atoms with Crippen LogP contribution in [-0.2, 0) is 11.2 Å². The minimum atomic E-state index is -0.0930. The van der Waals surface area contributed by atoms with Crippen molar-refractivity contribution in [1.29, 1.82) is 0 Å². The molecular weight excluding hydrogens is 464 g/mol.